The maximum atomic E-state index is 12.3. The number of hydrogen-bond acceptors (Lipinski definition) is 5. The number of sulfonamides is 1. The van der Waals surface area contributed by atoms with Crippen molar-refractivity contribution in [1.82, 2.24) is 9.71 Å². The summed E-state index contributed by atoms with van der Waals surface area (Å²) >= 11 is 0. The van der Waals surface area contributed by atoms with Crippen LogP contribution in [0.15, 0.2) is 23.2 Å². The summed E-state index contributed by atoms with van der Waals surface area (Å²) in [6.45, 7) is 3.45. The lowest BCUT2D eigenvalue weighted by molar-refractivity contribution is 0.446. The van der Waals surface area contributed by atoms with E-state index in [0.29, 0.717) is 12.8 Å². The van der Waals surface area contributed by atoms with Crippen molar-refractivity contribution in [2.24, 2.45) is 0 Å². The Morgan fingerprint density at radius 3 is 2.47 bits per heavy atom. The molecule has 7 heteroatoms. The first-order valence-corrected chi connectivity index (χ1v) is 7.23. The van der Waals surface area contributed by atoms with Crippen LogP contribution in [0.25, 0.3) is 0 Å². The average molecular weight is 278 g/mol. The molecule has 0 aliphatic rings. The third-order valence-corrected chi connectivity index (χ3v) is 4.48. The van der Waals surface area contributed by atoms with Crippen molar-refractivity contribution >= 4 is 10.0 Å². The van der Waals surface area contributed by atoms with Crippen LogP contribution in [-0.2, 0) is 10.0 Å². The van der Waals surface area contributed by atoms with E-state index in [1.807, 2.05) is 6.07 Å². The maximum absolute atomic E-state index is 12.3. The van der Waals surface area contributed by atoms with E-state index < -0.39 is 15.6 Å². The van der Waals surface area contributed by atoms with Gasteiger partial charge in [0, 0.05) is 6.20 Å². The standard InChI is InChI=1S/C12H14N4O2S/c1-3-12(4-2,9-14)16-19(17,18)11-6-5-7-15-10(11)8-13/h5-7,16H,3-4H2,1-2H3. The van der Waals surface area contributed by atoms with Gasteiger partial charge in [-0.15, -0.1) is 0 Å². The second kappa shape index (κ2) is 5.79. The lowest BCUT2D eigenvalue weighted by Gasteiger charge is -2.24. The molecule has 0 fully saturated rings. The fraction of sp³-hybridized carbons (Fsp3) is 0.417. The smallest absolute Gasteiger partial charge is 0.244 e. The molecule has 0 aliphatic heterocycles. The minimum Gasteiger partial charge on any atom is -0.244 e. The van der Waals surface area contributed by atoms with E-state index in [0.717, 1.165) is 0 Å². The van der Waals surface area contributed by atoms with E-state index >= 15 is 0 Å². The molecule has 0 unspecified atom stereocenters. The molecule has 1 aromatic rings. The van der Waals surface area contributed by atoms with Crippen LogP contribution in [0.5, 0.6) is 0 Å². The van der Waals surface area contributed by atoms with Gasteiger partial charge in [-0.1, -0.05) is 13.8 Å². The van der Waals surface area contributed by atoms with Crippen LogP contribution >= 0.6 is 0 Å². The van der Waals surface area contributed by atoms with Crippen molar-refractivity contribution in [1.29, 1.82) is 10.5 Å². The van der Waals surface area contributed by atoms with Crippen LogP contribution in [0, 0.1) is 22.7 Å². The maximum Gasteiger partial charge on any atom is 0.244 e. The van der Waals surface area contributed by atoms with Crippen LogP contribution in [-0.4, -0.2) is 18.9 Å². The van der Waals surface area contributed by atoms with Crippen LogP contribution in [0.2, 0.25) is 0 Å². The SMILES string of the molecule is CCC(C#N)(CC)NS(=O)(=O)c1cccnc1C#N. The largest absolute Gasteiger partial charge is 0.244 e. The average Bonchev–Trinajstić information content (AvgIpc) is 2.45. The summed E-state index contributed by atoms with van der Waals surface area (Å²) in [7, 11) is -3.95. The number of nitriles is 2. The van der Waals surface area contributed by atoms with Gasteiger partial charge >= 0.3 is 0 Å². The predicted octanol–water partition coefficient (Wildman–Crippen LogP) is 1.31. The molecule has 6 nitrogen and oxygen atoms in total. The third-order valence-electron chi connectivity index (χ3n) is 2.92. The van der Waals surface area contributed by atoms with Gasteiger partial charge in [0.2, 0.25) is 10.0 Å². The molecule has 0 radical (unpaired) electrons. The molecule has 0 saturated carbocycles. The van der Waals surface area contributed by atoms with Gasteiger partial charge in [0.05, 0.1) is 6.07 Å². The zero-order valence-corrected chi connectivity index (χ0v) is 11.5. The second-order valence-corrected chi connectivity index (χ2v) is 5.62. The summed E-state index contributed by atoms with van der Waals surface area (Å²) in [5, 5.41) is 18.0. The summed E-state index contributed by atoms with van der Waals surface area (Å²) in [6, 6.07) is 6.44. The zero-order chi connectivity index (χ0) is 14.5. The number of aromatic nitrogens is 1. The molecule has 19 heavy (non-hydrogen) atoms. The van der Waals surface area contributed by atoms with Crippen molar-refractivity contribution in [2.75, 3.05) is 0 Å². The number of nitrogens with one attached hydrogen (secondary N) is 1. The van der Waals surface area contributed by atoms with E-state index in [1.54, 1.807) is 19.9 Å². The Morgan fingerprint density at radius 1 is 1.37 bits per heavy atom. The molecule has 1 rings (SSSR count). The molecular formula is C12H14N4O2S. The summed E-state index contributed by atoms with van der Waals surface area (Å²) in [5.74, 6) is 0. The molecule has 1 N–H and O–H groups in total. The van der Waals surface area contributed by atoms with Gasteiger partial charge in [-0.3, -0.25) is 0 Å². The second-order valence-electron chi connectivity index (χ2n) is 3.97. The molecule has 100 valence electrons. The molecule has 0 spiro atoms. The van der Waals surface area contributed by atoms with Gasteiger partial charge in [0.1, 0.15) is 16.5 Å². The molecular weight excluding hydrogens is 264 g/mol. The number of rotatable bonds is 5. The third kappa shape index (κ3) is 3.08. The van der Waals surface area contributed by atoms with E-state index in [4.69, 9.17) is 10.5 Å². The first kappa shape index (κ1) is 15.1. The van der Waals surface area contributed by atoms with Crippen molar-refractivity contribution in [3.63, 3.8) is 0 Å². The Hall–Kier alpha value is -1.96. The van der Waals surface area contributed by atoms with Crippen LogP contribution < -0.4 is 4.72 Å². The summed E-state index contributed by atoms with van der Waals surface area (Å²) in [5.41, 5.74) is -1.35. The summed E-state index contributed by atoms with van der Waals surface area (Å²) < 4.78 is 26.9. The van der Waals surface area contributed by atoms with Gasteiger partial charge in [0.15, 0.2) is 5.69 Å². The number of pyridine rings is 1. The Balaban J connectivity index is 3.27. The highest BCUT2D eigenvalue weighted by Gasteiger charge is 2.33. The minimum atomic E-state index is -3.95. The van der Waals surface area contributed by atoms with E-state index in [-0.39, 0.29) is 10.6 Å². The van der Waals surface area contributed by atoms with Crippen LogP contribution in [0.1, 0.15) is 32.4 Å². The highest BCUT2D eigenvalue weighted by Crippen LogP contribution is 2.20. The molecule has 1 aromatic heterocycles. The minimum absolute atomic E-state index is 0.186. The molecule has 0 saturated heterocycles. The lowest BCUT2D eigenvalue weighted by Crippen LogP contribution is -2.46. The van der Waals surface area contributed by atoms with Crippen LogP contribution in [0.3, 0.4) is 0 Å². The van der Waals surface area contributed by atoms with E-state index in [9.17, 15) is 8.42 Å². The Labute approximate surface area is 112 Å². The van der Waals surface area contributed by atoms with Crippen molar-refractivity contribution in [3.05, 3.63) is 24.0 Å². The molecule has 0 bridgehead atoms. The lowest BCUT2D eigenvalue weighted by atomic mass is 9.97. The van der Waals surface area contributed by atoms with Gasteiger partial charge in [-0.25, -0.2) is 13.4 Å². The van der Waals surface area contributed by atoms with Crippen molar-refractivity contribution < 1.29 is 8.42 Å². The molecule has 0 amide bonds. The highest BCUT2D eigenvalue weighted by molar-refractivity contribution is 7.89. The summed E-state index contributed by atoms with van der Waals surface area (Å²) in [4.78, 5) is 3.50. The van der Waals surface area contributed by atoms with Gasteiger partial charge in [-0.2, -0.15) is 15.2 Å². The number of nitrogens with zero attached hydrogens (tertiary/aromatic N) is 3. The van der Waals surface area contributed by atoms with Crippen molar-refractivity contribution in [2.45, 2.75) is 37.1 Å². The Bertz CT molecular complexity index is 636. The molecule has 0 atom stereocenters. The fourth-order valence-corrected chi connectivity index (χ4v) is 3.15. The number of hydrogen-bond donors (Lipinski definition) is 1. The van der Waals surface area contributed by atoms with Crippen LogP contribution in [0.4, 0.5) is 0 Å². The Kier molecular flexibility index (Phi) is 4.60. The summed E-state index contributed by atoms with van der Waals surface area (Å²) in [6.07, 6.45) is 2.01. The monoisotopic (exact) mass is 278 g/mol. The molecule has 1 heterocycles. The normalized spacial score (nSPS) is 11.6. The highest BCUT2D eigenvalue weighted by atomic mass is 32.2. The fourth-order valence-electron chi connectivity index (χ4n) is 1.58. The van der Waals surface area contributed by atoms with Gasteiger partial charge in [-0.05, 0) is 25.0 Å². The topological polar surface area (TPSA) is 107 Å². The quantitative estimate of drug-likeness (QED) is 0.874. The van der Waals surface area contributed by atoms with Gasteiger partial charge in [0.25, 0.3) is 0 Å². The van der Waals surface area contributed by atoms with E-state index in [2.05, 4.69) is 9.71 Å². The first-order chi connectivity index (χ1) is 8.94. The molecule has 0 aromatic carbocycles. The first-order valence-electron chi connectivity index (χ1n) is 5.75. The molecule has 0 aliphatic carbocycles. The van der Waals surface area contributed by atoms with Gasteiger partial charge < -0.3 is 0 Å². The van der Waals surface area contributed by atoms with Crippen molar-refractivity contribution in [3.8, 4) is 12.1 Å². The zero-order valence-electron chi connectivity index (χ0n) is 10.7. The predicted molar refractivity (Wildman–Crippen MR) is 68.2 cm³/mol. The van der Waals surface area contributed by atoms with E-state index in [1.165, 1.54) is 18.3 Å². The Morgan fingerprint density at radius 2 is 2.00 bits per heavy atom.